The Bertz CT molecular complexity index is 954. The summed E-state index contributed by atoms with van der Waals surface area (Å²) in [6.07, 6.45) is 0. The summed E-state index contributed by atoms with van der Waals surface area (Å²) in [5.41, 5.74) is 0.596. The number of carbonyl (C=O) groups is 1. The van der Waals surface area contributed by atoms with E-state index in [2.05, 4.69) is 0 Å². The van der Waals surface area contributed by atoms with Crippen LogP contribution in [0.2, 0.25) is 0 Å². The molecular formula is C19H21FN2O4S. The maximum atomic E-state index is 13.8. The third-order valence-electron chi connectivity index (χ3n) is 4.63. The van der Waals surface area contributed by atoms with Gasteiger partial charge >= 0.3 is 0 Å². The van der Waals surface area contributed by atoms with E-state index in [1.807, 2.05) is 0 Å². The van der Waals surface area contributed by atoms with Crippen molar-refractivity contribution in [3.63, 3.8) is 0 Å². The Hall–Kier alpha value is -2.45. The minimum atomic E-state index is -3.67. The minimum absolute atomic E-state index is 0.000180. The molecule has 0 radical (unpaired) electrons. The fourth-order valence-corrected chi connectivity index (χ4v) is 4.74. The number of ether oxygens (including phenoxy) is 1. The van der Waals surface area contributed by atoms with Gasteiger partial charge in [-0.25, -0.2) is 12.8 Å². The lowest BCUT2D eigenvalue weighted by molar-refractivity contribution is 0.0693. The number of piperazine rings is 1. The van der Waals surface area contributed by atoms with Crippen molar-refractivity contribution in [2.45, 2.75) is 11.8 Å². The van der Waals surface area contributed by atoms with Gasteiger partial charge in [-0.1, -0.05) is 12.1 Å². The summed E-state index contributed by atoms with van der Waals surface area (Å²) in [5.74, 6) is -0.413. The Morgan fingerprint density at radius 1 is 1.07 bits per heavy atom. The number of methoxy groups -OCH3 is 1. The summed E-state index contributed by atoms with van der Waals surface area (Å²) in [4.78, 5) is 14.2. The molecule has 0 atom stereocenters. The number of halogens is 1. The van der Waals surface area contributed by atoms with E-state index in [0.717, 1.165) is 0 Å². The molecule has 27 heavy (non-hydrogen) atoms. The zero-order chi connectivity index (χ0) is 19.6. The normalized spacial score (nSPS) is 15.6. The van der Waals surface area contributed by atoms with Crippen LogP contribution in [-0.4, -0.2) is 56.8 Å². The number of rotatable bonds is 4. The first-order chi connectivity index (χ1) is 12.8. The van der Waals surface area contributed by atoms with E-state index in [1.54, 1.807) is 25.1 Å². The highest BCUT2D eigenvalue weighted by Gasteiger charge is 2.31. The number of carbonyl (C=O) groups excluding carboxylic acids is 1. The van der Waals surface area contributed by atoms with Gasteiger partial charge in [0, 0.05) is 26.2 Å². The van der Waals surface area contributed by atoms with Crippen molar-refractivity contribution in [3.05, 3.63) is 59.4 Å². The molecule has 1 aliphatic rings. The third-order valence-corrected chi connectivity index (χ3v) is 6.69. The number of benzene rings is 2. The van der Waals surface area contributed by atoms with Crippen molar-refractivity contribution < 1.29 is 22.3 Å². The molecule has 2 aromatic carbocycles. The van der Waals surface area contributed by atoms with Crippen LogP contribution in [0.5, 0.6) is 5.75 Å². The molecule has 2 aromatic rings. The van der Waals surface area contributed by atoms with Crippen LogP contribution >= 0.6 is 0 Å². The van der Waals surface area contributed by atoms with Crippen LogP contribution in [0, 0.1) is 12.7 Å². The first-order valence-corrected chi connectivity index (χ1v) is 9.97. The summed E-state index contributed by atoms with van der Waals surface area (Å²) in [6, 6.07) is 10.6. The van der Waals surface area contributed by atoms with Crippen LogP contribution in [0.4, 0.5) is 4.39 Å². The van der Waals surface area contributed by atoms with Crippen molar-refractivity contribution in [1.82, 2.24) is 9.21 Å². The van der Waals surface area contributed by atoms with E-state index < -0.39 is 21.7 Å². The highest BCUT2D eigenvalue weighted by molar-refractivity contribution is 7.89. The average molecular weight is 392 g/mol. The number of aryl methyl sites for hydroxylation is 1. The first-order valence-electron chi connectivity index (χ1n) is 8.53. The molecule has 1 saturated heterocycles. The fraction of sp³-hybridized carbons (Fsp3) is 0.316. The Labute approximate surface area is 158 Å². The van der Waals surface area contributed by atoms with Crippen molar-refractivity contribution in [3.8, 4) is 5.75 Å². The van der Waals surface area contributed by atoms with E-state index in [9.17, 15) is 17.6 Å². The van der Waals surface area contributed by atoms with Gasteiger partial charge in [-0.05, 0) is 42.8 Å². The molecule has 0 saturated carbocycles. The first kappa shape index (κ1) is 19.3. The molecule has 0 unspecified atom stereocenters. The van der Waals surface area contributed by atoms with Gasteiger partial charge in [0.25, 0.3) is 5.91 Å². The van der Waals surface area contributed by atoms with Crippen molar-refractivity contribution in [2.75, 3.05) is 33.3 Å². The summed E-state index contributed by atoms with van der Waals surface area (Å²) in [7, 11) is -2.15. The van der Waals surface area contributed by atoms with Crippen LogP contribution in [0.3, 0.4) is 0 Å². The molecule has 8 heteroatoms. The molecule has 0 N–H and O–H groups in total. The van der Waals surface area contributed by atoms with Crippen LogP contribution in [0.25, 0.3) is 0 Å². The molecule has 144 valence electrons. The lowest BCUT2D eigenvalue weighted by Gasteiger charge is -2.34. The molecule has 1 aliphatic heterocycles. The average Bonchev–Trinajstić information content (AvgIpc) is 2.67. The van der Waals surface area contributed by atoms with Crippen molar-refractivity contribution in [2.24, 2.45) is 0 Å². The van der Waals surface area contributed by atoms with Crippen LogP contribution in [-0.2, 0) is 10.0 Å². The van der Waals surface area contributed by atoms with Crippen LogP contribution in [0.15, 0.2) is 47.4 Å². The maximum absolute atomic E-state index is 13.8. The summed E-state index contributed by atoms with van der Waals surface area (Å²) >= 11 is 0. The lowest BCUT2D eigenvalue weighted by Crippen LogP contribution is -2.50. The number of nitrogens with zero attached hydrogens (tertiary/aromatic N) is 2. The van der Waals surface area contributed by atoms with Gasteiger partial charge in [0.15, 0.2) is 0 Å². The van der Waals surface area contributed by atoms with E-state index >= 15 is 0 Å². The lowest BCUT2D eigenvalue weighted by atomic mass is 10.1. The minimum Gasteiger partial charge on any atom is -0.497 e. The number of sulfonamides is 1. The summed E-state index contributed by atoms with van der Waals surface area (Å²) < 4.78 is 46.2. The van der Waals surface area contributed by atoms with Gasteiger partial charge in [-0.2, -0.15) is 4.31 Å². The second-order valence-electron chi connectivity index (χ2n) is 6.31. The molecule has 6 nitrogen and oxygen atoms in total. The highest BCUT2D eigenvalue weighted by Crippen LogP contribution is 2.25. The smallest absolute Gasteiger partial charge is 0.256 e. The van der Waals surface area contributed by atoms with E-state index in [4.69, 9.17) is 4.74 Å². The topological polar surface area (TPSA) is 66.9 Å². The molecule has 0 spiro atoms. The Balaban J connectivity index is 1.73. The van der Waals surface area contributed by atoms with Gasteiger partial charge < -0.3 is 9.64 Å². The molecule has 1 heterocycles. The molecule has 1 amide bonds. The highest BCUT2D eigenvalue weighted by atomic mass is 32.2. The molecule has 1 fully saturated rings. The third kappa shape index (κ3) is 3.81. The summed E-state index contributed by atoms with van der Waals surface area (Å²) in [5, 5.41) is 0. The second-order valence-corrected chi connectivity index (χ2v) is 8.21. The standard InChI is InChI=1S/C19H21FN2O4S/c1-14-13-15(26-2)7-8-18(14)27(24,25)22-11-9-21(10-12-22)19(23)16-5-3-4-6-17(16)20/h3-8,13H,9-12H2,1-2H3. The SMILES string of the molecule is COc1ccc(S(=O)(=O)N2CCN(C(=O)c3ccccc3F)CC2)c(C)c1. The molecule has 0 aromatic heterocycles. The van der Waals surface area contributed by atoms with E-state index in [-0.39, 0.29) is 36.6 Å². The predicted molar refractivity (Wildman–Crippen MR) is 98.8 cm³/mol. The Morgan fingerprint density at radius 2 is 1.74 bits per heavy atom. The van der Waals surface area contributed by atoms with Gasteiger partial charge in [-0.3, -0.25) is 4.79 Å². The molecule has 3 rings (SSSR count). The summed E-state index contributed by atoms with van der Waals surface area (Å²) in [6.45, 7) is 2.46. The predicted octanol–water partition coefficient (Wildman–Crippen LogP) is 2.29. The van der Waals surface area contributed by atoms with Crippen LogP contribution in [0.1, 0.15) is 15.9 Å². The number of amides is 1. The van der Waals surface area contributed by atoms with Gasteiger partial charge in [0.05, 0.1) is 17.6 Å². The fourth-order valence-electron chi connectivity index (χ4n) is 3.11. The van der Waals surface area contributed by atoms with E-state index in [0.29, 0.717) is 11.3 Å². The zero-order valence-corrected chi connectivity index (χ0v) is 16.0. The molecule has 0 bridgehead atoms. The van der Waals surface area contributed by atoms with Gasteiger partial charge in [-0.15, -0.1) is 0 Å². The Kier molecular flexibility index (Phi) is 5.48. The molecule has 0 aliphatic carbocycles. The molecular weight excluding hydrogens is 371 g/mol. The Morgan fingerprint density at radius 3 is 2.33 bits per heavy atom. The van der Waals surface area contributed by atoms with E-state index in [1.165, 1.54) is 40.6 Å². The second kappa shape index (κ2) is 7.66. The number of hydrogen-bond donors (Lipinski definition) is 0. The van der Waals surface area contributed by atoms with Crippen molar-refractivity contribution in [1.29, 1.82) is 0 Å². The maximum Gasteiger partial charge on any atom is 0.256 e. The quantitative estimate of drug-likeness (QED) is 0.801. The van der Waals surface area contributed by atoms with Gasteiger partial charge in [0.2, 0.25) is 10.0 Å². The van der Waals surface area contributed by atoms with Gasteiger partial charge in [0.1, 0.15) is 11.6 Å². The van der Waals surface area contributed by atoms with Crippen molar-refractivity contribution >= 4 is 15.9 Å². The zero-order valence-electron chi connectivity index (χ0n) is 15.2. The number of hydrogen-bond acceptors (Lipinski definition) is 4. The largest absolute Gasteiger partial charge is 0.497 e. The monoisotopic (exact) mass is 392 g/mol. The van der Waals surface area contributed by atoms with Crippen LogP contribution < -0.4 is 4.74 Å².